The van der Waals surface area contributed by atoms with Crippen LogP contribution in [-0.2, 0) is 16.9 Å². The van der Waals surface area contributed by atoms with Gasteiger partial charge in [-0.2, -0.15) is 0 Å². The maximum atomic E-state index is 13.2. The number of urea groups is 1. The molecule has 1 aliphatic rings. The van der Waals surface area contributed by atoms with Crippen LogP contribution in [0.1, 0.15) is 23.6 Å². The summed E-state index contributed by atoms with van der Waals surface area (Å²) in [7, 11) is 1.52. The van der Waals surface area contributed by atoms with Gasteiger partial charge in [0.1, 0.15) is 16.9 Å². The number of amides is 3. The summed E-state index contributed by atoms with van der Waals surface area (Å²) in [4.78, 5) is 38.9. The van der Waals surface area contributed by atoms with Crippen molar-refractivity contribution in [3.8, 4) is 5.75 Å². The van der Waals surface area contributed by atoms with E-state index in [2.05, 4.69) is 5.32 Å². The second kappa shape index (κ2) is 6.77. The van der Waals surface area contributed by atoms with Crippen molar-refractivity contribution in [2.24, 2.45) is 0 Å². The molecule has 0 radical (unpaired) electrons. The molecule has 1 aromatic heterocycles. The molecule has 29 heavy (non-hydrogen) atoms. The minimum Gasteiger partial charge on any atom is -0.497 e. The first-order valence-electron chi connectivity index (χ1n) is 9.14. The highest BCUT2D eigenvalue weighted by Gasteiger charge is 2.48. The molecule has 0 saturated carbocycles. The highest BCUT2D eigenvalue weighted by molar-refractivity contribution is 6.07. The highest BCUT2D eigenvalue weighted by Crippen LogP contribution is 2.31. The predicted molar refractivity (Wildman–Crippen MR) is 107 cm³/mol. The average Bonchev–Trinajstić information content (AvgIpc) is 2.91. The molecule has 2 heterocycles. The molecule has 0 unspecified atom stereocenters. The zero-order valence-electron chi connectivity index (χ0n) is 16.3. The van der Waals surface area contributed by atoms with Gasteiger partial charge in [-0.25, -0.2) is 9.59 Å². The Morgan fingerprint density at radius 3 is 2.48 bits per heavy atom. The van der Waals surface area contributed by atoms with Gasteiger partial charge in [-0.3, -0.25) is 9.69 Å². The van der Waals surface area contributed by atoms with Crippen molar-refractivity contribution in [2.75, 3.05) is 7.11 Å². The molecule has 1 fully saturated rings. The van der Waals surface area contributed by atoms with E-state index in [1.165, 1.54) is 13.2 Å². The fraction of sp³-hybridized carbons (Fsp3) is 0.227. The molecule has 0 bridgehead atoms. The van der Waals surface area contributed by atoms with Crippen LogP contribution in [0.4, 0.5) is 4.79 Å². The van der Waals surface area contributed by atoms with Crippen molar-refractivity contribution in [1.82, 2.24) is 10.2 Å². The number of methoxy groups -OCH3 is 1. The highest BCUT2D eigenvalue weighted by atomic mass is 16.5. The summed E-state index contributed by atoms with van der Waals surface area (Å²) in [5.74, 6) is 0.168. The summed E-state index contributed by atoms with van der Waals surface area (Å²) in [5.41, 5.74) is 0.892. The van der Waals surface area contributed by atoms with Gasteiger partial charge in [-0.05, 0) is 37.1 Å². The molecule has 1 N–H and O–H groups in total. The SMILES string of the molecule is COc1ccc2c(CN3C(=O)N[C@@](C)(c4ccc(C)cc4)C3=O)cc(=O)oc2c1. The first kappa shape index (κ1) is 18.7. The minimum atomic E-state index is -1.16. The molecule has 0 aliphatic carbocycles. The van der Waals surface area contributed by atoms with Gasteiger partial charge in [0.05, 0.1) is 13.7 Å². The van der Waals surface area contributed by atoms with Crippen molar-refractivity contribution in [2.45, 2.75) is 25.9 Å². The lowest BCUT2D eigenvalue weighted by Gasteiger charge is -2.22. The maximum Gasteiger partial charge on any atom is 0.336 e. The zero-order valence-corrected chi connectivity index (χ0v) is 16.3. The monoisotopic (exact) mass is 392 g/mol. The van der Waals surface area contributed by atoms with Crippen molar-refractivity contribution in [3.63, 3.8) is 0 Å². The van der Waals surface area contributed by atoms with Crippen LogP contribution >= 0.6 is 0 Å². The first-order chi connectivity index (χ1) is 13.8. The van der Waals surface area contributed by atoms with Crippen LogP contribution in [-0.4, -0.2) is 23.9 Å². The molecule has 148 valence electrons. The van der Waals surface area contributed by atoms with Crippen molar-refractivity contribution < 1.29 is 18.7 Å². The van der Waals surface area contributed by atoms with Crippen LogP contribution in [0.3, 0.4) is 0 Å². The second-order valence-corrected chi connectivity index (χ2v) is 7.27. The van der Waals surface area contributed by atoms with E-state index in [9.17, 15) is 14.4 Å². The van der Waals surface area contributed by atoms with Gasteiger partial charge in [-0.15, -0.1) is 0 Å². The summed E-state index contributed by atoms with van der Waals surface area (Å²) in [5, 5.41) is 3.42. The first-order valence-corrected chi connectivity index (χ1v) is 9.14. The average molecular weight is 392 g/mol. The number of imide groups is 1. The molecule has 1 saturated heterocycles. The number of nitrogens with zero attached hydrogens (tertiary/aromatic N) is 1. The third-order valence-electron chi connectivity index (χ3n) is 5.27. The Hall–Kier alpha value is -3.61. The second-order valence-electron chi connectivity index (χ2n) is 7.27. The summed E-state index contributed by atoms with van der Waals surface area (Å²) >= 11 is 0. The Morgan fingerprint density at radius 1 is 1.07 bits per heavy atom. The Morgan fingerprint density at radius 2 is 1.79 bits per heavy atom. The van der Waals surface area contributed by atoms with Gasteiger partial charge in [0.25, 0.3) is 5.91 Å². The van der Waals surface area contributed by atoms with Crippen LogP contribution < -0.4 is 15.7 Å². The number of fused-ring (bicyclic) bond motifs is 1. The largest absolute Gasteiger partial charge is 0.497 e. The zero-order chi connectivity index (χ0) is 20.8. The van der Waals surface area contributed by atoms with Gasteiger partial charge < -0.3 is 14.5 Å². The topological polar surface area (TPSA) is 88.9 Å². The number of nitrogens with one attached hydrogen (secondary N) is 1. The fourth-order valence-corrected chi connectivity index (χ4v) is 3.56. The molecule has 0 spiro atoms. The standard InChI is InChI=1S/C22H20N2O5/c1-13-4-6-15(7-5-13)22(2)20(26)24(21(27)23-22)12-14-10-19(25)29-18-11-16(28-3)8-9-17(14)18/h4-11H,12H2,1-3H3,(H,23,27)/t22-/m0/s1. The summed E-state index contributed by atoms with van der Waals surface area (Å²) in [6, 6.07) is 13.3. The number of benzene rings is 2. The fourth-order valence-electron chi connectivity index (χ4n) is 3.56. The van der Waals surface area contributed by atoms with E-state index in [1.807, 2.05) is 31.2 Å². The number of ether oxygens (including phenoxy) is 1. The van der Waals surface area contributed by atoms with E-state index in [4.69, 9.17) is 9.15 Å². The Balaban J connectivity index is 1.71. The Labute approximate surface area is 166 Å². The minimum absolute atomic E-state index is 0.0411. The molecule has 1 atom stereocenters. The van der Waals surface area contributed by atoms with Crippen LogP contribution in [0.15, 0.2) is 57.7 Å². The Bertz CT molecular complexity index is 1180. The van der Waals surface area contributed by atoms with Crippen LogP contribution in [0.2, 0.25) is 0 Å². The number of rotatable bonds is 4. The van der Waals surface area contributed by atoms with Crippen molar-refractivity contribution in [1.29, 1.82) is 0 Å². The smallest absolute Gasteiger partial charge is 0.336 e. The van der Waals surface area contributed by atoms with Crippen molar-refractivity contribution in [3.05, 3.63) is 75.6 Å². The molecule has 1 aliphatic heterocycles. The van der Waals surface area contributed by atoms with E-state index < -0.39 is 17.2 Å². The van der Waals surface area contributed by atoms with Crippen molar-refractivity contribution >= 4 is 22.9 Å². The molecule has 7 nitrogen and oxygen atoms in total. The van der Waals surface area contributed by atoms with E-state index in [1.54, 1.807) is 25.1 Å². The number of carbonyl (C=O) groups excluding carboxylic acids is 2. The third-order valence-corrected chi connectivity index (χ3v) is 5.27. The molecule has 7 heteroatoms. The van der Waals surface area contributed by atoms with Gasteiger partial charge in [0, 0.05) is 17.5 Å². The lowest BCUT2D eigenvalue weighted by molar-refractivity contribution is -0.131. The van der Waals surface area contributed by atoms with Gasteiger partial charge in [-0.1, -0.05) is 29.8 Å². The summed E-state index contributed by atoms with van der Waals surface area (Å²) in [6.07, 6.45) is 0. The number of carbonyl (C=O) groups is 2. The van der Waals surface area contributed by atoms with Crippen LogP contribution in [0.25, 0.3) is 11.0 Å². The van der Waals surface area contributed by atoms with Crippen LogP contribution in [0, 0.1) is 6.92 Å². The third kappa shape index (κ3) is 3.14. The van der Waals surface area contributed by atoms with E-state index in [0.717, 1.165) is 10.5 Å². The maximum absolute atomic E-state index is 13.2. The lowest BCUT2D eigenvalue weighted by atomic mass is 9.91. The predicted octanol–water partition coefficient (Wildman–Crippen LogP) is 3.08. The molecule has 3 amide bonds. The number of hydrogen-bond donors (Lipinski definition) is 1. The number of aryl methyl sites for hydroxylation is 1. The van der Waals surface area contributed by atoms with E-state index in [0.29, 0.717) is 27.8 Å². The van der Waals surface area contributed by atoms with Crippen LogP contribution in [0.5, 0.6) is 5.75 Å². The molecular weight excluding hydrogens is 372 g/mol. The quantitative estimate of drug-likeness (QED) is 0.544. The molecule has 3 aromatic rings. The lowest BCUT2D eigenvalue weighted by Crippen LogP contribution is -2.40. The molecule has 4 rings (SSSR count). The summed E-state index contributed by atoms with van der Waals surface area (Å²) < 4.78 is 10.4. The number of hydrogen-bond acceptors (Lipinski definition) is 5. The van der Waals surface area contributed by atoms with Gasteiger partial charge in [0.2, 0.25) is 0 Å². The normalized spacial score (nSPS) is 18.9. The molecule has 2 aromatic carbocycles. The summed E-state index contributed by atoms with van der Waals surface area (Å²) in [6.45, 7) is 3.59. The molecular formula is C22H20N2O5. The van der Waals surface area contributed by atoms with E-state index >= 15 is 0 Å². The van der Waals surface area contributed by atoms with Gasteiger partial charge >= 0.3 is 11.7 Å². The van der Waals surface area contributed by atoms with Gasteiger partial charge in [0.15, 0.2) is 0 Å². The van der Waals surface area contributed by atoms with E-state index in [-0.39, 0.29) is 12.5 Å². The Kier molecular flexibility index (Phi) is 4.38.